The van der Waals surface area contributed by atoms with E-state index in [2.05, 4.69) is 9.97 Å². The predicted molar refractivity (Wildman–Crippen MR) is 112 cm³/mol. The highest BCUT2D eigenvalue weighted by Crippen LogP contribution is 2.36. The number of hydrogen-bond donors (Lipinski definition) is 0. The lowest BCUT2D eigenvalue weighted by atomic mass is 10.0. The van der Waals surface area contributed by atoms with E-state index in [9.17, 15) is 4.79 Å². The van der Waals surface area contributed by atoms with Gasteiger partial charge in [-0.05, 0) is 56.4 Å². The van der Waals surface area contributed by atoms with Crippen molar-refractivity contribution in [1.29, 1.82) is 0 Å². The first-order chi connectivity index (χ1) is 13.5. The van der Waals surface area contributed by atoms with Crippen molar-refractivity contribution in [3.63, 3.8) is 0 Å². The van der Waals surface area contributed by atoms with Crippen LogP contribution in [0.15, 0.2) is 29.2 Å². The first-order valence-electron chi connectivity index (χ1n) is 9.70. The first-order valence-corrected chi connectivity index (χ1v) is 10.1. The van der Waals surface area contributed by atoms with Crippen molar-refractivity contribution < 1.29 is 4.74 Å². The molecule has 0 aliphatic heterocycles. The number of rotatable bonds is 6. The van der Waals surface area contributed by atoms with Gasteiger partial charge in [0.2, 0.25) is 0 Å². The Balaban J connectivity index is 1.85. The number of halogens is 1. The lowest BCUT2D eigenvalue weighted by Crippen LogP contribution is -2.25. The number of hydrogen-bond acceptors (Lipinski definition) is 4. The van der Waals surface area contributed by atoms with Crippen molar-refractivity contribution >= 4 is 22.8 Å². The zero-order valence-electron chi connectivity index (χ0n) is 16.5. The van der Waals surface area contributed by atoms with Gasteiger partial charge in [-0.1, -0.05) is 24.4 Å². The molecule has 0 N–H and O–H groups in total. The van der Waals surface area contributed by atoms with Crippen molar-refractivity contribution in [3.8, 4) is 16.9 Å². The lowest BCUT2D eigenvalue weighted by Gasteiger charge is -2.15. The van der Waals surface area contributed by atoms with Crippen LogP contribution in [-0.2, 0) is 6.54 Å². The third-order valence-electron chi connectivity index (χ3n) is 5.46. The number of nitrogens with zero attached hydrogens (tertiary/aromatic N) is 3. The van der Waals surface area contributed by atoms with E-state index in [1.54, 1.807) is 24.8 Å². The highest BCUT2D eigenvalue weighted by atomic mass is 35.5. The number of ether oxygens (including phenoxy) is 1. The predicted octanol–water partition coefficient (Wildman–Crippen LogP) is 4.93. The minimum absolute atomic E-state index is 0.0649. The molecule has 0 atom stereocenters. The SMILES string of the molecule is COc1cc(Cl)c(-c2ccnc3c2nc(C)c(=O)n3CCCC2CC2)cc1C. The lowest BCUT2D eigenvalue weighted by molar-refractivity contribution is 0.412. The molecule has 4 rings (SSSR count). The number of benzene rings is 1. The highest BCUT2D eigenvalue weighted by molar-refractivity contribution is 6.33. The molecule has 5 nitrogen and oxygen atoms in total. The average molecular weight is 398 g/mol. The van der Waals surface area contributed by atoms with Crippen molar-refractivity contribution in [1.82, 2.24) is 14.5 Å². The van der Waals surface area contributed by atoms with Gasteiger partial charge in [-0.3, -0.25) is 9.36 Å². The summed E-state index contributed by atoms with van der Waals surface area (Å²) in [7, 11) is 1.63. The number of aryl methyl sites for hydroxylation is 3. The van der Waals surface area contributed by atoms with Gasteiger partial charge in [0.25, 0.3) is 5.56 Å². The third kappa shape index (κ3) is 3.51. The minimum atomic E-state index is -0.0649. The Kier molecular flexibility index (Phi) is 5.11. The van der Waals surface area contributed by atoms with Crippen LogP contribution in [-0.4, -0.2) is 21.6 Å². The van der Waals surface area contributed by atoms with Gasteiger partial charge >= 0.3 is 0 Å². The van der Waals surface area contributed by atoms with Crippen LogP contribution in [0.5, 0.6) is 5.75 Å². The Bertz CT molecular complexity index is 1100. The standard InChI is InChI=1S/C22H24ClN3O2/c1-13-11-17(18(23)12-19(13)28-3)16-8-9-24-21-20(16)25-14(2)22(27)26(21)10-4-5-15-6-7-15/h8-9,11-12,15H,4-7,10H2,1-3H3. The Morgan fingerprint density at radius 2 is 2.04 bits per heavy atom. The summed E-state index contributed by atoms with van der Waals surface area (Å²) < 4.78 is 7.14. The molecular weight excluding hydrogens is 374 g/mol. The molecule has 0 radical (unpaired) electrons. The molecule has 1 saturated carbocycles. The van der Waals surface area contributed by atoms with Gasteiger partial charge in [0, 0.05) is 23.9 Å². The van der Waals surface area contributed by atoms with Gasteiger partial charge in [-0.2, -0.15) is 0 Å². The molecule has 146 valence electrons. The van der Waals surface area contributed by atoms with Crippen LogP contribution < -0.4 is 10.3 Å². The van der Waals surface area contributed by atoms with E-state index in [1.807, 2.05) is 25.1 Å². The minimum Gasteiger partial charge on any atom is -0.496 e. The van der Waals surface area contributed by atoms with Crippen molar-refractivity contribution in [2.45, 2.75) is 46.1 Å². The van der Waals surface area contributed by atoms with Crippen LogP contribution in [0, 0.1) is 19.8 Å². The van der Waals surface area contributed by atoms with Crippen LogP contribution in [0.3, 0.4) is 0 Å². The van der Waals surface area contributed by atoms with Gasteiger partial charge in [0.15, 0.2) is 5.65 Å². The zero-order valence-corrected chi connectivity index (χ0v) is 17.2. The van der Waals surface area contributed by atoms with Crippen LogP contribution in [0.1, 0.15) is 36.9 Å². The van der Waals surface area contributed by atoms with Crippen molar-refractivity contribution in [2.75, 3.05) is 7.11 Å². The van der Waals surface area contributed by atoms with Gasteiger partial charge in [0.05, 0.1) is 12.1 Å². The smallest absolute Gasteiger partial charge is 0.273 e. The molecule has 0 amide bonds. The Hall–Kier alpha value is -2.40. The second-order valence-corrected chi connectivity index (χ2v) is 7.98. The molecule has 1 fully saturated rings. The summed E-state index contributed by atoms with van der Waals surface area (Å²) in [4.78, 5) is 21.8. The van der Waals surface area contributed by atoms with E-state index >= 15 is 0 Å². The molecule has 2 heterocycles. The van der Waals surface area contributed by atoms with Gasteiger partial charge in [-0.15, -0.1) is 0 Å². The number of methoxy groups -OCH3 is 1. The van der Waals surface area contributed by atoms with Gasteiger partial charge < -0.3 is 4.74 Å². The van der Waals surface area contributed by atoms with E-state index in [0.29, 0.717) is 28.4 Å². The van der Waals surface area contributed by atoms with Crippen LogP contribution in [0.4, 0.5) is 0 Å². The van der Waals surface area contributed by atoms with E-state index in [-0.39, 0.29) is 5.56 Å². The Morgan fingerprint density at radius 3 is 2.75 bits per heavy atom. The van der Waals surface area contributed by atoms with Crippen LogP contribution in [0.2, 0.25) is 5.02 Å². The summed E-state index contributed by atoms with van der Waals surface area (Å²) >= 11 is 6.55. The molecule has 6 heteroatoms. The summed E-state index contributed by atoms with van der Waals surface area (Å²) in [5.74, 6) is 1.59. The maximum Gasteiger partial charge on any atom is 0.273 e. The highest BCUT2D eigenvalue weighted by Gasteiger charge is 2.21. The fourth-order valence-corrected chi connectivity index (χ4v) is 3.97. The largest absolute Gasteiger partial charge is 0.496 e. The van der Waals surface area contributed by atoms with E-state index in [1.165, 1.54) is 19.3 Å². The summed E-state index contributed by atoms with van der Waals surface area (Å²) in [6.07, 6.45) is 6.52. The fourth-order valence-electron chi connectivity index (χ4n) is 3.72. The monoisotopic (exact) mass is 397 g/mol. The van der Waals surface area contributed by atoms with Gasteiger partial charge in [-0.25, -0.2) is 9.97 Å². The van der Waals surface area contributed by atoms with Crippen LogP contribution >= 0.6 is 11.6 Å². The zero-order chi connectivity index (χ0) is 19.8. The van der Waals surface area contributed by atoms with Crippen LogP contribution in [0.25, 0.3) is 22.3 Å². The molecule has 3 aromatic rings. The molecule has 28 heavy (non-hydrogen) atoms. The molecule has 1 aromatic carbocycles. The molecule has 0 bridgehead atoms. The molecule has 1 aliphatic carbocycles. The second-order valence-electron chi connectivity index (χ2n) is 7.57. The first kappa shape index (κ1) is 18.9. The summed E-state index contributed by atoms with van der Waals surface area (Å²) in [6, 6.07) is 5.72. The topological polar surface area (TPSA) is 57.0 Å². The summed E-state index contributed by atoms with van der Waals surface area (Å²) in [6.45, 7) is 4.41. The van der Waals surface area contributed by atoms with Crippen molar-refractivity contribution in [3.05, 3.63) is 51.0 Å². The summed E-state index contributed by atoms with van der Waals surface area (Å²) in [5.41, 5.74) is 4.47. The van der Waals surface area contributed by atoms with E-state index in [0.717, 1.165) is 34.8 Å². The van der Waals surface area contributed by atoms with E-state index in [4.69, 9.17) is 16.3 Å². The second kappa shape index (κ2) is 7.55. The normalized spacial score (nSPS) is 13.9. The quantitative estimate of drug-likeness (QED) is 0.591. The molecule has 1 aliphatic rings. The summed E-state index contributed by atoms with van der Waals surface area (Å²) in [5, 5.41) is 0.584. The maximum atomic E-state index is 12.7. The third-order valence-corrected chi connectivity index (χ3v) is 5.77. The van der Waals surface area contributed by atoms with Crippen molar-refractivity contribution in [2.24, 2.45) is 5.92 Å². The maximum absolute atomic E-state index is 12.7. The molecule has 0 saturated heterocycles. The number of fused-ring (bicyclic) bond motifs is 1. The Morgan fingerprint density at radius 1 is 1.25 bits per heavy atom. The Labute approximate surface area is 169 Å². The fraction of sp³-hybridized carbons (Fsp3) is 0.409. The number of pyridine rings is 1. The van der Waals surface area contributed by atoms with E-state index < -0.39 is 0 Å². The molecular formula is C22H24ClN3O2. The average Bonchev–Trinajstić information content (AvgIpc) is 3.50. The molecule has 0 unspecified atom stereocenters. The van der Waals surface area contributed by atoms with Gasteiger partial charge in [0.1, 0.15) is 17.0 Å². The molecule has 0 spiro atoms. The molecule has 2 aromatic heterocycles. The number of aromatic nitrogens is 3.